The monoisotopic (exact) mass is 484 g/mol. The zero-order chi connectivity index (χ0) is 22.2. The number of amides is 1. The van der Waals surface area contributed by atoms with Crippen LogP contribution in [0.2, 0.25) is 0 Å². The molecular formula is C24H17BrN6O. The highest BCUT2D eigenvalue weighted by atomic mass is 79.9. The third-order valence-electron chi connectivity index (χ3n) is 5.17. The number of carbonyl (C=O) groups excluding carboxylic acids is 1. The van der Waals surface area contributed by atoms with Crippen molar-refractivity contribution in [1.29, 1.82) is 0 Å². The molecule has 5 rings (SSSR count). The maximum Gasteiger partial charge on any atom is 0.249 e. The lowest BCUT2D eigenvalue weighted by Crippen LogP contribution is -2.12. The number of rotatable bonds is 4. The van der Waals surface area contributed by atoms with Crippen molar-refractivity contribution in [1.82, 2.24) is 19.5 Å². The number of halogens is 1. The highest BCUT2D eigenvalue weighted by Crippen LogP contribution is 2.32. The Morgan fingerprint density at radius 2 is 1.69 bits per heavy atom. The Morgan fingerprint density at radius 1 is 0.938 bits per heavy atom. The van der Waals surface area contributed by atoms with Crippen LogP contribution in [0.15, 0.2) is 83.6 Å². The van der Waals surface area contributed by atoms with Crippen LogP contribution >= 0.6 is 15.9 Å². The number of hydrogen-bond acceptors (Lipinski definition) is 5. The van der Waals surface area contributed by atoms with Gasteiger partial charge in [0.25, 0.3) is 0 Å². The van der Waals surface area contributed by atoms with Gasteiger partial charge in [0, 0.05) is 28.1 Å². The predicted molar refractivity (Wildman–Crippen MR) is 128 cm³/mol. The van der Waals surface area contributed by atoms with Crippen molar-refractivity contribution in [3.8, 4) is 28.2 Å². The van der Waals surface area contributed by atoms with Gasteiger partial charge in [-0.05, 0) is 63.5 Å². The average molecular weight is 485 g/mol. The molecule has 0 fully saturated rings. The molecule has 0 aliphatic rings. The molecule has 156 valence electrons. The average Bonchev–Trinajstić information content (AvgIpc) is 3.17. The number of benzene rings is 2. The third kappa shape index (κ3) is 3.40. The lowest BCUT2D eigenvalue weighted by molar-refractivity contribution is 0.100. The Kier molecular flexibility index (Phi) is 4.91. The number of primary amides is 1. The number of hydrogen-bond donors (Lipinski definition) is 2. The molecule has 1 amide bonds. The maximum absolute atomic E-state index is 11.8. The molecule has 0 aliphatic carbocycles. The first-order valence-electron chi connectivity index (χ1n) is 9.77. The molecule has 4 N–H and O–H groups in total. The molecule has 0 unspecified atom stereocenters. The maximum atomic E-state index is 11.8. The van der Waals surface area contributed by atoms with Gasteiger partial charge in [-0.2, -0.15) is 0 Å². The zero-order valence-electron chi connectivity index (χ0n) is 16.7. The summed E-state index contributed by atoms with van der Waals surface area (Å²) in [6, 6.07) is 20.7. The number of imidazole rings is 1. The summed E-state index contributed by atoms with van der Waals surface area (Å²) < 4.78 is 2.78. The van der Waals surface area contributed by atoms with Gasteiger partial charge in [-0.3, -0.25) is 9.36 Å². The van der Waals surface area contributed by atoms with Crippen molar-refractivity contribution < 1.29 is 4.79 Å². The Labute approximate surface area is 191 Å². The third-order valence-corrected chi connectivity index (χ3v) is 5.61. The van der Waals surface area contributed by atoms with Gasteiger partial charge in [0.15, 0.2) is 11.5 Å². The summed E-state index contributed by atoms with van der Waals surface area (Å²) in [5.74, 6) is 0.561. The van der Waals surface area contributed by atoms with Gasteiger partial charge in [-0.15, -0.1) is 0 Å². The van der Waals surface area contributed by atoms with Crippen LogP contribution in [0.25, 0.3) is 39.4 Å². The molecule has 3 heterocycles. The number of nitrogens with zero attached hydrogens (tertiary/aromatic N) is 4. The van der Waals surface area contributed by atoms with E-state index in [9.17, 15) is 4.79 Å². The number of nitrogens with two attached hydrogens (primary N) is 2. The molecule has 0 spiro atoms. The van der Waals surface area contributed by atoms with E-state index in [4.69, 9.17) is 16.5 Å². The molecule has 2 aromatic carbocycles. The van der Waals surface area contributed by atoms with E-state index >= 15 is 0 Å². The summed E-state index contributed by atoms with van der Waals surface area (Å²) in [6.07, 6.45) is 3.38. The standard InChI is InChI=1S/C24H17BrN6O/c25-15-12-20-24(29-13-15)31(23(30-20)19-6-3-11-28-21(19)26)16-9-7-14(8-10-16)17-4-1-2-5-18(17)22(27)32/h1-13H,(H2,26,28)(H2,27,32). The van der Waals surface area contributed by atoms with Crippen molar-refractivity contribution in [3.05, 3.63) is 89.2 Å². The van der Waals surface area contributed by atoms with Crippen LogP contribution < -0.4 is 11.5 Å². The molecule has 5 aromatic rings. The topological polar surface area (TPSA) is 113 Å². The molecule has 8 heteroatoms. The minimum Gasteiger partial charge on any atom is -0.383 e. The van der Waals surface area contributed by atoms with Crippen molar-refractivity contribution in [3.63, 3.8) is 0 Å². The van der Waals surface area contributed by atoms with E-state index in [2.05, 4.69) is 25.9 Å². The number of carbonyl (C=O) groups is 1. The summed E-state index contributed by atoms with van der Waals surface area (Å²) >= 11 is 3.46. The minimum absolute atomic E-state index is 0.384. The first-order valence-corrected chi connectivity index (χ1v) is 10.6. The van der Waals surface area contributed by atoms with Gasteiger partial charge >= 0.3 is 0 Å². The molecule has 7 nitrogen and oxygen atoms in total. The first kappa shape index (κ1) is 19.9. The van der Waals surface area contributed by atoms with Crippen molar-refractivity contribution in [2.24, 2.45) is 5.73 Å². The van der Waals surface area contributed by atoms with Crippen LogP contribution in [-0.4, -0.2) is 25.4 Å². The SMILES string of the molecule is NC(=O)c1ccccc1-c1ccc(-n2c(-c3cccnc3N)nc3cc(Br)cnc32)cc1. The van der Waals surface area contributed by atoms with E-state index in [1.54, 1.807) is 24.5 Å². The Bertz CT molecular complexity index is 1480. The molecule has 0 radical (unpaired) electrons. The minimum atomic E-state index is -0.464. The number of fused-ring (bicyclic) bond motifs is 1. The number of nitrogen functional groups attached to an aromatic ring is 1. The van der Waals surface area contributed by atoms with Gasteiger partial charge in [-0.1, -0.05) is 30.3 Å². The summed E-state index contributed by atoms with van der Waals surface area (Å²) in [5, 5.41) is 0. The van der Waals surface area contributed by atoms with E-state index in [0.717, 1.165) is 26.8 Å². The number of pyridine rings is 2. The van der Waals surface area contributed by atoms with Gasteiger partial charge in [0.1, 0.15) is 11.3 Å². The van der Waals surface area contributed by atoms with E-state index < -0.39 is 5.91 Å². The summed E-state index contributed by atoms with van der Waals surface area (Å²) in [6.45, 7) is 0. The fourth-order valence-electron chi connectivity index (χ4n) is 3.71. The molecule has 3 aromatic heterocycles. The molecule has 0 aliphatic heterocycles. The summed E-state index contributed by atoms with van der Waals surface area (Å²) in [5.41, 5.74) is 16.8. The van der Waals surface area contributed by atoms with E-state index in [1.165, 1.54) is 0 Å². The van der Waals surface area contributed by atoms with Crippen molar-refractivity contribution >= 4 is 38.8 Å². The normalized spacial score (nSPS) is 11.0. The number of anilines is 1. The van der Waals surface area contributed by atoms with Crippen molar-refractivity contribution in [2.75, 3.05) is 5.73 Å². The van der Waals surface area contributed by atoms with Gasteiger partial charge < -0.3 is 11.5 Å². The van der Waals surface area contributed by atoms with Crippen LogP contribution in [0.4, 0.5) is 5.82 Å². The fraction of sp³-hybridized carbons (Fsp3) is 0. The highest BCUT2D eigenvalue weighted by Gasteiger charge is 2.18. The molecule has 0 atom stereocenters. The van der Waals surface area contributed by atoms with E-state index in [1.807, 2.05) is 59.2 Å². The Hall–Kier alpha value is -4.04. The lowest BCUT2D eigenvalue weighted by atomic mass is 9.99. The van der Waals surface area contributed by atoms with Gasteiger partial charge in [0.2, 0.25) is 5.91 Å². The summed E-state index contributed by atoms with van der Waals surface area (Å²) in [4.78, 5) is 25.4. The lowest BCUT2D eigenvalue weighted by Gasteiger charge is -2.12. The van der Waals surface area contributed by atoms with Crippen LogP contribution in [0.5, 0.6) is 0 Å². The second-order valence-corrected chi connectivity index (χ2v) is 8.08. The summed E-state index contributed by atoms with van der Waals surface area (Å²) in [7, 11) is 0. The van der Waals surface area contributed by atoms with E-state index in [0.29, 0.717) is 28.4 Å². The second kappa shape index (κ2) is 7.90. The Morgan fingerprint density at radius 3 is 2.44 bits per heavy atom. The van der Waals surface area contributed by atoms with Crippen LogP contribution in [0, 0.1) is 0 Å². The quantitative estimate of drug-likeness (QED) is 0.387. The molecule has 0 saturated heterocycles. The second-order valence-electron chi connectivity index (χ2n) is 7.16. The molecular weight excluding hydrogens is 468 g/mol. The zero-order valence-corrected chi connectivity index (χ0v) is 18.3. The van der Waals surface area contributed by atoms with E-state index in [-0.39, 0.29) is 0 Å². The Balaban J connectivity index is 1.69. The molecule has 32 heavy (non-hydrogen) atoms. The largest absolute Gasteiger partial charge is 0.383 e. The fourth-order valence-corrected chi connectivity index (χ4v) is 4.03. The van der Waals surface area contributed by atoms with Crippen LogP contribution in [-0.2, 0) is 0 Å². The van der Waals surface area contributed by atoms with Gasteiger partial charge in [0.05, 0.1) is 5.56 Å². The van der Waals surface area contributed by atoms with Crippen LogP contribution in [0.1, 0.15) is 10.4 Å². The highest BCUT2D eigenvalue weighted by molar-refractivity contribution is 9.10. The van der Waals surface area contributed by atoms with Gasteiger partial charge in [-0.25, -0.2) is 15.0 Å². The first-order chi connectivity index (χ1) is 15.5. The number of aromatic nitrogens is 4. The van der Waals surface area contributed by atoms with Crippen molar-refractivity contribution in [2.45, 2.75) is 0 Å². The molecule has 0 bridgehead atoms. The predicted octanol–water partition coefficient (Wildman–Crippen LogP) is 4.59. The smallest absolute Gasteiger partial charge is 0.249 e. The van der Waals surface area contributed by atoms with Crippen LogP contribution in [0.3, 0.4) is 0 Å². The molecule has 0 saturated carbocycles.